The van der Waals surface area contributed by atoms with Crippen molar-refractivity contribution in [1.29, 1.82) is 0 Å². The number of sulfonamides is 1. The van der Waals surface area contributed by atoms with Gasteiger partial charge in [0.15, 0.2) is 6.10 Å². The van der Waals surface area contributed by atoms with Crippen LogP contribution in [-0.4, -0.2) is 38.0 Å². The van der Waals surface area contributed by atoms with Gasteiger partial charge in [0.25, 0.3) is 0 Å². The second-order valence-corrected chi connectivity index (χ2v) is 11.0. The minimum Gasteiger partial charge on any atom is -0.493 e. The van der Waals surface area contributed by atoms with E-state index < -0.39 is 27.7 Å². The fraction of sp³-hybridized carbons (Fsp3) is 0.458. The SMILES string of the molecule is Cc1cc(NS(C)(=O)=O)c(C)c(C(OC(C)(C)C)C(=O)O)c1-c1ccc2c(c1)CCCO2. The molecule has 1 heterocycles. The molecule has 2 aromatic rings. The van der Waals surface area contributed by atoms with E-state index in [4.69, 9.17) is 9.47 Å². The molecule has 2 aromatic carbocycles. The van der Waals surface area contributed by atoms with Crippen molar-refractivity contribution in [2.45, 2.75) is 59.2 Å². The molecule has 0 radical (unpaired) electrons. The van der Waals surface area contributed by atoms with E-state index in [1.807, 2.05) is 25.1 Å². The Morgan fingerprint density at radius 3 is 2.50 bits per heavy atom. The van der Waals surface area contributed by atoms with Crippen LogP contribution in [0.2, 0.25) is 0 Å². The summed E-state index contributed by atoms with van der Waals surface area (Å²) >= 11 is 0. The highest BCUT2D eigenvalue weighted by atomic mass is 32.2. The molecule has 1 aliphatic heterocycles. The van der Waals surface area contributed by atoms with Crippen molar-refractivity contribution in [1.82, 2.24) is 0 Å². The van der Waals surface area contributed by atoms with Gasteiger partial charge in [0.05, 0.1) is 24.2 Å². The number of fused-ring (bicyclic) bond motifs is 1. The Hall–Kier alpha value is -2.58. The van der Waals surface area contributed by atoms with Crippen molar-refractivity contribution < 1.29 is 27.8 Å². The summed E-state index contributed by atoms with van der Waals surface area (Å²) in [7, 11) is -3.56. The molecule has 32 heavy (non-hydrogen) atoms. The first kappa shape index (κ1) is 24.1. The van der Waals surface area contributed by atoms with Gasteiger partial charge in [-0.1, -0.05) is 6.07 Å². The zero-order valence-corrected chi connectivity index (χ0v) is 20.2. The number of hydrogen-bond donors (Lipinski definition) is 2. The number of carboxylic acids is 1. The molecule has 0 saturated carbocycles. The quantitative estimate of drug-likeness (QED) is 0.651. The summed E-state index contributed by atoms with van der Waals surface area (Å²) in [5.74, 6) is -0.298. The number of hydrogen-bond acceptors (Lipinski definition) is 5. The van der Waals surface area contributed by atoms with E-state index in [1.54, 1.807) is 33.8 Å². The van der Waals surface area contributed by atoms with Crippen LogP contribution in [0.5, 0.6) is 5.75 Å². The van der Waals surface area contributed by atoms with Gasteiger partial charge in [-0.25, -0.2) is 13.2 Å². The molecule has 0 saturated heterocycles. The largest absolute Gasteiger partial charge is 0.493 e. The fourth-order valence-corrected chi connectivity index (χ4v) is 4.67. The van der Waals surface area contributed by atoms with Crippen molar-refractivity contribution in [3.63, 3.8) is 0 Å². The molecule has 2 N–H and O–H groups in total. The van der Waals surface area contributed by atoms with Crippen LogP contribution in [0.25, 0.3) is 11.1 Å². The summed E-state index contributed by atoms with van der Waals surface area (Å²) in [6.07, 6.45) is 1.59. The van der Waals surface area contributed by atoms with Gasteiger partial charge >= 0.3 is 5.97 Å². The lowest BCUT2D eigenvalue weighted by atomic mass is 9.86. The molecule has 0 bridgehead atoms. The Labute approximate surface area is 189 Å². The molecule has 174 valence electrons. The normalized spacial score (nSPS) is 14.9. The Morgan fingerprint density at radius 1 is 1.22 bits per heavy atom. The summed E-state index contributed by atoms with van der Waals surface area (Å²) in [6, 6.07) is 7.58. The fourth-order valence-electron chi connectivity index (χ4n) is 4.06. The minimum atomic E-state index is -3.56. The molecular formula is C24H31NO6S. The minimum absolute atomic E-state index is 0.341. The summed E-state index contributed by atoms with van der Waals surface area (Å²) in [6.45, 7) is 9.62. The molecule has 0 spiro atoms. The molecule has 0 amide bonds. The van der Waals surface area contributed by atoms with E-state index in [9.17, 15) is 18.3 Å². The molecule has 7 nitrogen and oxygen atoms in total. The van der Waals surface area contributed by atoms with E-state index in [-0.39, 0.29) is 0 Å². The van der Waals surface area contributed by atoms with Crippen LogP contribution in [0.3, 0.4) is 0 Å². The van der Waals surface area contributed by atoms with E-state index >= 15 is 0 Å². The van der Waals surface area contributed by atoms with E-state index in [2.05, 4.69) is 4.72 Å². The third-order valence-electron chi connectivity index (χ3n) is 5.28. The predicted octanol–water partition coefficient (Wildman–Crippen LogP) is 4.61. The molecule has 0 aliphatic carbocycles. The highest BCUT2D eigenvalue weighted by Gasteiger charge is 2.32. The zero-order valence-electron chi connectivity index (χ0n) is 19.4. The summed E-state index contributed by atoms with van der Waals surface area (Å²) < 4.78 is 38.1. The maximum Gasteiger partial charge on any atom is 0.337 e. The lowest BCUT2D eigenvalue weighted by molar-refractivity contribution is -0.160. The van der Waals surface area contributed by atoms with Crippen LogP contribution >= 0.6 is 0 Å². The van der Waals surface area contributed by atoms with Crippen molar-refractivity contribution in [2.24, 2.45) is 0 Å². The Morgan fingerprint density at radius 2 is 1.91 bits per heavy atom. The first-order valence-electron chi connectivity index (χ1n) is 10.6. The molecule has 1 atom stereocenters. The number of anilines is 1. The maximum atomic E-state index is 12.4. The van der Waals surface area contributed by atoms with Crippen LogP contribution in [0, 0.1) is 13.8 Å². The maximum absolute atomic E-state index is 12.4. The van der Waals surface area contributed by atoms with E-state index in [0.717, 1.165) is 47.1 Å². The summed E-state index contributed by atoms with van der Waals surface area (Å²) in [5, 5.41) is 10.1. The van der Waals surface area contributed by atoms with E-state index in [1.165, 1.54) is 0 Å². The standard InChI is InChI=1S/C24H31NO6S/c1-14-12-18(25-32(6,28)29)15(2)21(22(23(26)27)31-24(3,4)5)20(14)17-9-10-19-16(13-17)8-7-11-30-19/h9-10,12-13,22,25H,7-8,11H2,1-6H3,(H,26,27). The topological polar surface area (TPSA) is 102 Å². The monoisotopic (exact) mass is 461 g/mol. The number of carbonyl (C=O) groups is 1. The summed E-state index contributed by atoms with van der Waals surface area (Å²) in [4.78, 5) is 12.4. The Balaban J connectivity index is 2.30. The highest BCUT2D eigenvalue weighted by molar-refractivity contribution is 7.92. The van der Waals surface area contributed by atoms with Crippen molar-refractivity contribution in [3.8, 4) is 16.9 Å². The Kier molecular flexibility index (Phi) is 6.58. The smallest absolute Gasteiger partial charge is 0.337 e. The number of benzene rings is 2. The van der Waals surface area contributed by atoms with Gasteiger partial charge in [-0.15, -0.1) is 0 Å². The zero-order chi connectivity index (χ0) is 23.8. The number of aliphatic carboxylic acids is 1. The third-order valence-corrected chi connectivity index (χ3v) is 5.87. The first-order chi connectivity index (χ1) is 14.8. The third kappa shape index (κ3) is 5.42. The molecule has 1 unspecified atom stereocenters. The van der Waals surface area contributed by atoms with E-state index in [0.29, 0.717) is 23.4 Å². The van der Waals surface area contributed by atoms with Crippen molar-refractivity contribution in [3.05, 3.63) is 46.5 Å². The lowest BCUT2D eigenvalue weighted by Gasteiger charge is -2.30. The average molecular weight is 462 g/mol. The lowest BCUT2D eigenvalue weighted by Crippen LogP contribution is -2.28. The number of aryl methyl sites for hydroxylation is 2. The van der Waals surface area contributed by atoms with Crippen LogP contribution in [0.4, 0.5) is 5.69 Å². The van der Waals surface area contributed by atoms with Gasteiger partial charge in [0.2, 0.25) is 10.0 Å². The molecule has 0 fully saturated rings. The molecule has 8 heteroatoms. The second kappa shape index (κ2) is 8.75. The van der Waals surface area contributed by atoms with Gasteiger partial charge in [-0.05, 0) is 93.5 Å². The molecular weight excluding hydrogens is 430 g/mol. The van der Waals surface area contributed by atoms with Crippen LogP contribution in [0.15, 0.2) is 24.3 Å². The number of rotatable bonds is 6. The first-order valence-corrected chi connectivity index (χ1v) is 12.4. The molecule has 0 aromatic heterocycles. The number of ether oxygens (including phenoxy) is 2. The second-order valence-electron chi connectivity index (χ2n) is 9.25. The number of carboxylic acid groups (broad SMARTS) is 1. The summed E-state index contributed by atoms with van der Waals surface area (Å²) in [5.41, 5.74) is 3.96. The number of nitrogens with one attached hydrogen (secondary N) is 1. The van der Waals surface area contributed by atoms with Gasteiger partial charge < -0.3 is 14.6 Å². The molecule has 3 rings (SSSR count). The molecule has 1 aliphatic rings. The van der Waals surface area contributed by atoms with Crippen LogP contribution < -0.4 is 9.46 Å². The van der Waals surface area contributed by atoms with Gasteiger partial charge in [-0.3, -0.25) is 4.72 Å². The van der Waals surface area contributed by atoms with Gasteiger partial charge in [0, 0.05) is 5.56 Å². The Bertz CT molecular complexity index is 1150. The average Bonchev–Trinajstić information content (AvgIpc) is 2.66. The van der Waals surface area contributed by atoms with Gasteiger partial charge in [-0.2, -0.15) is 0 Å². The highest BCUT2D eigenvalue weighted by Crippen LogP contribution is 2.42. The van der Waals surface area contributed by atoms with Crippen molar-refractivity contribution >= 4 is 21.7 Å². The van der Waals surface area contributed by atoms with Crippen LogP contribution in [0.1, 0.15) is 55.5 Å². The van der Waals surface area contributed by atoms with Gasteiger partial charge in [0.1, 0.15) is 5.75 Å². The predicted molar refractivity (Wildman–Crippen MR) is 125 cm³/mol. The van der Waals surface area contributed by atoms with Crippen LogP contribution in [-0.2, 0) is 26.0 Å². The van der Waals surface area contributed by atoms with Crippen molar-refractivity contribution in [2.75, 3.05) is 17.6 Å².